The van der Waals surface area contributed by atoms with Gasteiger partial charge in [0.25, 0.3) is 5.91 Å². The number of fused-ring (bicyclic) bond motifs is 1. The molecular formula is C15H19N5O. The van der Waals surface area contributed by atoms with E-state index >= 15 is 0 Å². The molecule has 1 unspecified atom stereocenters. The number of anilines is 1. The lowest BCUT2D eigenvalue weighted by molar-refractivity contribution is 0.0937. The molecule has 0 fully saturated rings. The van der Waals surface area contributed by atoms with E-state index < -0.39 is 0 Å². The van der Waals surface area contributed by atoms with Crippen LogP contribution in [0.15, 0.2) is 24.5 Å². The van der Waals surface area contributed by atoms with E-state index in [1.807, 2.05) is 36.7 Å². The second-order valence-corrected chi connectivity index (χ2v) is 5.36. The molecule has 1 amide bonds. The van der Waals surface area contributed by atoms with Gasteiger partial charge in [0.05, 0.1) is 6.04 Å². The number of nitrogens with zero attached hydrogens (tertiary/aromatic N) is 3. The van der Waals surface area contributed by atoms with E-state index in [0.29, 0.717) is 0 Å². The Hall–Kier alpha value is -2.37. The summed E-state index contributed by atoms with van der Waals surface area (Å²) in [5.74, 6) is 0.678. The van der Waals surface area contributed by atoms with Crippen molar-refractivity contribution in [3.63, 3.8) is 0 Å². The molecule has 1 aliphatic heterocycles. The summed E-state index contributed by atoms with van der Waals surface area (Å²) in [4.78, 5) is 12.5. The minimum Gasteiger partial charge on any atom is -0.385 e. The molecule has 21 heavy (non-hydrogen) atoms. The van der Waals surface area contributed by atoms with E-state index in [0.717, 1.165) is 42.0 Å². The molecule has 6 nitrogen and oxygen atoms in total. The fraction of sp³-hybridized carbons (Fsp3) is 0.400. The summed E-state index contributed by atoms with van der Waals surface area (Å²) in [7, 11) is 1.87. The van der Waals surface area contributed by atoms with E-state index in [-0.39, 0.29) is 11.9 Å². The molecule has 2 N–H and O–H groups in total. The van der Waals surface area contributed by atoms with Gasteiger partial charge in [0.15, 0.2) is 5.82 Å². The van der Waals surface area contributed by atoms with E-state index in [4.69, 9.17) is 0 Å². The zero-order valence-electron chi connectivity index (χ0n) is 12.3. The number of rotatable bonds is 3. The summed E-state index contributed by atoms with van der Waals surface area (Å²) in [5, 5.41) is 14.2. The van der Waals surface area contributed by atoms with Gasteiger partial charge in [-0.1, -0.05) is 6.07 Å². The van der Waals surface area contributed by atoms with Gasteiger partial charge in [-0.2, -0.15) is 0 Å². The first-order valence-electron chi connectivity index (χ1n) is 7.17. The first kappa shape index (κ1) is 13.6. The fourth-order valence-corrected chi connectivity index (χ4v) is 2.75. The third-order valence-corrected chi connectivity index (χ3v) is 3.82. The lowest BCUT2D eigenvalue weighted by Gasteiger charge is -2.21. The maximum absolute atomic E-state index is 12.5. The lowest BCUT2D eigenvalue weighted by Crippen LogP contribution is -2.30. The average molecular weight is 285 g/mol. The standard InChI is InChI=1S/C15H19N5O/c1-10(14-19-17-9-20(14)2)18-15(21)12-5-3-7-13-11(12)6-4-8-16-13/h3,5,7,9-10,16H,4,6,8H2,1-2H3,(H,18,21). The Morgan fingerprint density at radius 3 is 3.10 bits per heavy atom. The van der Waals surface area contributed by atoms with Gasteiger partial charge in [-0.15, -0.1) is 10.2 Å². The van der Waals surface area contributed by atoms with Crippen LogP contribution in [0, 0.1) is 0 Å². The molecule has 2 heterocycles. The van der Waals surface area contributed by atoms with Crippen molar-refractivity contribution in [1.29, 1.82) is 0 Å². The normalized spacial score (nSPS) is 15.0. The molecule has 1 aliphatic rings. The molecule has 6 heteroatoms. The van der Waals surface area contributed by atoms with Gasteiger partial charge in [-0.3, -0.25) is 4.79 Å². The van der Waals surface area contributed by atoms with Gasteiger partial charge in [-0.25, -0.2) is 0 Å². The predicted molar refractivity (Wildman–Crippen MR) is 80.1 cm³/mol. The van der Waals surface area contributed by atoms with Crippen LogP contribution in [0.5, 0.6) is 0 Å². The fourth-order valence-electron chi connectivity index (χ4n) is 2.75. The van der Waals surface area contributed by atoms with Crippen LogP contribution in [0.25, 0.3) is 0 Å². The van der Waals surface area contributed by atoms with Crippen molar-refractivity contribution in [3.05, 3.63) is 41.5 Å². The molecule has 0 aliphatic carbocycles. The number of hydrogen-bond acceptors (Lipinski definition) is 4. The maximum Gasteiger partial charge on any atom is 0.252 e. The van der Waals surface area contributed by atoms with Gasteiger partial charge >= 0.3 is 0 Å². The Morgan fingerprint density at radius 2 is 2.33 bits per heavy atom. The number of benzene rings is 1. The average Bonchev–Trinajstić information content (AvgIpc) is 2.92. The second kappa shape index (κ2) is 5.55. The number of amides is 1. The summed E-state index contributed by atoms with van der Waals surface area (Å²) in [6, 6.07) is 5.64. The molecule has 2 aromatic rings. The topological polar surface area (TPSA) is 71.8 Å². The van der Waals surface area contributed by atoms with Gasteiger partial charge in [0, 0.05) is 24.8 Å². The molecule has 0 saturated carbocycles. The van der Waals surface area contributed by atoms with Crippen LogP contribution in [0.2, 0.25) is 0 Å². The number of aromatic nitrogens is 3. The predicted octanol–water partition coefficient (Wildman–Crippen LogP) is 1.66. The molecule has 0 saturated heterocycles. The summed E-state index contributed by atoms with van der Waals surface area (Å²) < 4.78 is 1.81. The molecule has 1 aromatic carbocycles. The third-order valence-electron chi connectivity index (χ3n) is 3.82. The lowest BCUT2D eigenvalue weighted by atomic mass is 9.97. The van der Waals surface area contributed by atoms with Crippen molar-refractivity contribution in [2.24, 2.45) is 7.05 Å². The van der Waals surface area contributed by atoms with Gasteiger partial charge in [0.2, 0.25) is 0 Å². The highest BCUT2D eigenvalue weighted by molar-refractivity contribution is 5.97. The minimum atomic E-state index is -0.183. The van der Waals surface area contributed by atoms with Crippen LogP contribution < -0.4 is 10.6 Å². The Kier molecular flexibility index (Phi) is 3.60. The van der Waals surface area contributed by atoms with Crippen molar-refractivity contribution < 1.29 is 4.79 Å². The van der Waals surface area contributed by atoms with Crippen molar-refractivity contribution >= 4 is 11.6 Å². The van der Waals surface area contributed by atoms with Crippen molar-refractivity contribution in [2.45, 2.75) is 25.8 Å². The Morgan fingerprint density at radius 1 is 1.48 bits per heavy atom. The summed E-state index contributed by atoms with van der Waals surface area (Å²) >= 11 is 0. The Labute approximate surface area is 123 Å². The number of hydrogen-bond donors (Lipinski definition) is 2. The van der Waals surface area contributed by atoms with Crippen molar-refractivity contribution in [2.75, 3.05) is 11.9 Å². The van der Waals surface area contributed by atoms with Crippen molar-refractivity contribution in [1.82, 2.24) is 20.1 Å². The van der Waals surface area contributed by atoms with Gasteiger partial charge in [-0.05, 0) is 37.5 Å². The molecule has 0 radical (unpaired) electrons. The van der Waals surface area contributed by atoms with E-state index in [1.165, 1.54) is 0 Å². The zero-order valence-corrected chi connectivity index (χ0v) is 12.3. The van der Waals surface area contributed by atoms with E-state index in [9.17, 15) is 4.79 Å². The summed E-state index contributed by atoms with van der Waals surface area (Å²) in [6.07, 6.45) is 3.62. The summed E-state index contributed by atoms with van der Waals surface area (Å²) in [6.45, 7) is 2.88. The quantitative estimate of drug-likeness (QED) is 0.899. The smallest absolute Gasteiger partial charge is 0.252 e. The van der Waals surface area contributed by atoms with Crippen LogP contribution in [0.3, 0.4) is 0 Å². The molecule has 0 spiro atoms. The molecule has 3 rings (SSSR count). The van der Waals surface area contributed by atoms with Crippen molar-refractivity contribution in [3.8, 4) is 0 Å². The monoisotopic (exact) mass is 285 g/mol. The largest absolute Gasteiger partial charge is 0.385 e. The van der Waals surface area contributed by atoms with Gasteiger partial charge in [0.1, 0.15) is 6.33 Å². The Bertz CT molecular complexity index is 664. The molecule has 1 atom stereocenters. The van der Waals surface area contributed by atoms with Crippen LogP contribution >= 0.6 is 0 Å². The first-order valence-corrected chi connectivity index (χ1v) is 7.17. The van der Waals surface area contributed by atoms with Crippen LogP contribution in [0.1, 0.15) is 41.1 Å². The summed E-state index contributed by atoms with van der Waals surface area (Å²) in [5.41, 5.74) is 2.92. The highest BCUT2D eigenvalue weighted by Gasteiger charge is 2.20. The second-order valence-electron chi connectivity index (χ2n) is 5.36. The minimum absolute atomic E-state index is 0.0638. The third kappa shape index (κ3) is 2.61. The zero-order chi connectivity index (χ0) is 14.8. The highest BCUT2D eigenvalue weighted by atomic mass is 16.1. The van der Waals surface area contributed by atoms with E-state index in [2.05, 4.69) is 20.8 Å². The molecule has 110 valence electrons. The molecular weight excluding hydrogens is 266 g/mol. The number of carbonyl (C=O) groups is 1. The maximum atomic E-state index is 12.5. The first-order chi connectivity index (χ1) is 10.2. The van der Waals surface area contributed by atoms with Crippen LogP contribution in [-0.2, 0) is 13.5 Å². The molecule has 0 bridgehead atoms. The van der Waals surface area contributed by atoms with Crippen LogP contribution in [-0.4, -0.2) is 27.2 Å². The Balaban J connectivity index is 1.81. The number of aryl methyl sites for hydroxylation is 1. The number of carbonyl (C=O) groups excluding carboxylic acids is 1. The van der Waals surface area contributed by atoms with Crippen LogP contribution in [0.4, 0.5) is 5.69 Å². The highest BCUT2D eigenvalue weighted by Crippen LogP contribution is 2.25. The van der Waals surface area contributed by atoms with Gasteiger partial charge < -0.3 is 15.2 Å². The molecule has 1 aromatic heterocycles. The SMILES string of the molecule is CC(NC(=O)c1cccc2c1CCCN2)c1nncn1C. The number of nitrogens with one attached hydrogen (secondary N) is 2. The van der Waals surface area contributed by atoms with E-state index in [1.54, 1.807) is 6.33 Å².